The van der Waals surface area contributed by atoms with Crippen molar-refractivity contribution in [1.29, 1.82) is 5.26 Å². The summed E-state index contributed by atoms with van der Waals surface area (Å²) in [4.78, 5) is 19.2. The summed E-state index contributed by atoms with van der Waals surface area (Å²) in [7, 11) is 0. The van der Waals surface area contributed by atoms with Crippen LogP contribution in [0.3, 0.4) is 0 Å². The van der Waals surface area contributed by atoms with Crippen LogP contribution in [0.4, 0.5) is 4.79 Å². The van der Waals surface area contributed by atoms with Crippen molar-refractivity contribution < 1.29 is 19.2 Å². The van der Waals surface area contributed by atoms with Crippen LogP contribution in [0.15, 0.2) is 40.4 Å². The number of nitrogens with one attached hydrogen (secondary N) is 1. The predicted octanol–water partition coefficient (Wildman–Crippen LogP) is 3.92. The molecule has 1 aromatic heterocycles. The number of amides is 2. The fourth-order valence-corrected chi connectivity index (χ4v) is 5.16. The number of aromatic nitrogens is 2. The van der Waals surface area contributed by atoms with Crippen LogP contribution in [0.25, 0.3) is 17.0 Å². The zero-order valence-electron chi connectivity index (χ0n) is 20.6. The number of nitrogens with zero attached hydrogens (tertiary/aromatic N) is 4. The number of aliphatic hydroxyl groups excluding tert-OH is 1. The molecule has 2 aliphatic carbocycles. The number of fused-ring (bicyclic) bond motifs is 1. The summed E-state index contributed by atoms with van der Waals surface area (Å²) in [6.45, 7) is 5.04. The van der Waals surface area contributed by atoms with Gasteiger partial charge in [0.1, 0.15) is 0 Å². The summed E-state index contributed by atoms with van der Waals surface area (Å²) < 4.78 is 11.4. The number of hydrogen-bond donors (Lipinski definition) is 2. The number of ether oxygens (including phenoxy) is 1. The van der Waals surface area contributed by atoms with Gasteiger partial charge in [0.05, 0.1) is 36.0 Å². The van der Waals surface area contributed by atoms with E-state index in [1.807, 2.05) is 38.1 Å². The minimum Gasteiger partial charge on any atom is -0.393 e. The van der Waals surface area contributed by atoms with Gasteiger partial charge in [-0.1, -0.05) is 29.4 Å². The van der Waals surface area contributed by atoms with Gasteiger partial charge in [0.2, 0.25) is 5.82 Å². The molecule has 3 aliphatic rings. The highest BCUT2D eigenvalue weighted by molar-refractivity contribution is 5.76. The minimum absolute atomic E-state index is 0.0262. The first-order chi connectivity index (χ1) is 17.4. The number of aliphatic hydroxyl groups is 1. The zero-order chi connectivity index (χ0) is 25.2. The average molecular weight is 490 g/mol. The second kappa shape index (κ2) is 10.2. The SMILES string of the molecule is CC(C)OC1CC=C(c2nc(-c3cccc4c3CCC4NC(=O)N3CCC(O)CC3)no2)C=C1C#N. The molecule has 36 heavy (non-hydrogen) atoms. The van der Waals surface area contributed by atoms with Crippen LogP contribution < -0.4 is 5.32 Å². The number of urea groups is 1. The van der Waals surface area contributed by atoms with Gasteiger partial charge in [-0.15, -0.1) is 0 Å². The molecule has 1 aliphatic heterocycles. The van der Waals surface area contributed by atoms with Gasteiger partial charge in [0.15, 0.2) is 0 Å². The number of hydrogen-bond acceptors (Lipinski definition) is 7. The van der Waals surface area contributed by atoms with Gasteiger partial charge in [-0.25, -0.2) is 4.79 Å². The summed E-state index contributed by atoms with van der Waals surface area (Å²) in [6, 6.07) is 8.03. The highest BCUT2D eigenvalue weighted by Crippen LogP contribution is 2.37. The summed E-state index contributed by atoms with van der Waals surface area (Å²) in [6.07, 6.45) is 6.58. The smallest absolute Gasteiger partial charge is 0.317 e. The molecule has 1 aromatic carbocycles. The Kier molecular flexibility index (Phi) is 6.90. The lowest BCUT2D eigenvalue weighted by molar-refractivity contribution is 0.0327. The van der Waals surface area contributed by atoms with Crippen LogP contribution in [0.5, 0.6) is 0 Å². The third-order valence-electron chi connectivity index (χ3n) is 7.01. The van der Waals surface area contributed by atoms with Crippen molar-refractivity contribution in [3.63, 3.8) is 0 Å². The lowest BCUT2D eigenvalue weighted by atomic mass is 9.97. The molecule has 2 atom stereocenters. The molecule has 9 nitrogen and oxygen atoms in total. The van der Waals surface area contributed by atoms with Gasteiger partial charge >= 0.3 is 6.03 Å². The molecular weight excluding hydrogens is 458 g/mol. The molecule has 2 aromatic rings. The van der Waals surface area contributed by atoms with Crippen molar-refractivity contribution in [2.24, 2.45) is 0 Å². The summed E-state index contributed by atoms with van der Waals surface area (Å²) in [5.41, 5.74) is 4.34. The average Bonchev–Trinajstić information content (AvgIpc) is 3.52. The molecule has 0 saturated carbocycles. The summed E-state index contributed by atoms with van der Waals surface area (Å²) in [5.74, 6) is 0.862. The van der Waals surface area contributed by atoms with E-state index < -0.39 is 0 Å². The van der Waals surface area contributed by atoms with Crippen molar-refractivity contribution in [3.8, 4) is 17.5 Å². The molecular formula is C27H31N5O4. The third-order valence-corrected chi connectivity index (χ3v) is 7.01. The second-order valence-electron chi connectivity index (χ2n) is 9.84. The van der Waals surface area contributed by atoms with E-state index in [1.54, 1.807) is 11.0 Å². The van der Waals surface area contributed by atoms with Gasteiger partial charge in [-0.05, 0) is 63.2 Å². The standard InChI is InChI=1S/C27H31N5O4/c1-16(2)35-24-9-6-17(14-18(24)15-28)26-30-25(31-36-26)22-5-3-4-21-20(22)7-8-23(21)29-27(34)32-12-10-19(33)11-13-32/h3-6,14,16,19,23-24,33H,7-13H2,1-2H3,(H,29,34). The van der Waals surface area contributed by atoms with Crippen molar-refractivity contribution in [2.45, 2.75) is 70.3 Å². The van der Waals surface area contributed by atoms with Crippen molar-refractivity contribution in [2.75, 3.05) is 13.1 Å². The maximum Gasteiger partial charge on any atom is 0.317 e. The number of carbonyl (C=O) groups excluding carboxylic acids is 1. The summed E-state index contributed by atoms with van der Waals surface area (Å²) >= 11 is 0. The number of nitriles is 1. The van der Waals surface area contributed by atoms with Crippen molar-refractivity contribution >= 4 is 11.6 Å². The predicted molar refractivity (Wildman–Crippen MR) is 132 cm³/mol. The quantitative estimate of drug-likeness (QED) is 0.652. The molecule has 2 amide bonds. The Bertz CT molecular complexity index is 1230. The van der Waals surface area contributed by atoms with E-state index in [9.17, 15) is 15.2 Å². The first-order valence-corrected chi connectivity index (χ1v) is 12.6. The first-order valence-electron chi connectivity index (χ1n) is 12.6. The Morgan fingerprint density at radius 1 is 1.31 bits per heavy atom. The van der Waals surface area contributed by atoms with E-state index in [4.69, 9.17) is 9.26 Å². The van der Waals surface area contributed by atoms with Gasteiger partial charge in [0, 0.05) is 24.2 Å². The second-order valence-corrected chi connectivity index (χ2v) is 9.84. The van der Waals surface area contributed by atoms with Gasteiger partial charge in [0.25, 0.3) is 5.89 Å². The molecule has 188 valence electrons. The Balaban J connectivity index is 1.32. The van der Waals surface area contributed by atoms with Gasteiger partial charge < -0.3 is 24.6 Å². The Hall–Kier alpha value is -3.48. The fourth-order valence-electron chi connectivity index (χ4n) is 5.16. The van der Waals surface area contributed by atoms with E-state index in [-0.39, 0.29) is 30.4 Å². The van der Waals surface area contributed by atoms with Gasteiger partial charge in [-0.2, -0.15) is 10.2 Å². The monoisotopic (exact) mass is 489 g/mol. The Labute approximate surface area is 210 Å². The van der Waals surface area contributed by atoms with Crippen molar-refractivity contribution in [3.05, 3.63) is 52.9 Å². The highest BCUT2D eigenvalue weighted by Gasteiger charge is 2.30. The molecule has 2 N–H and O–H groups in total. The third kappa shape index (κ3) is 4.92. The largest absolute Gasteiger partial charge is 0.393 e. The number of rotatable bonds is 5. The van der Waals surface area contributed by atoms with Crippen LogP contribution in [-0.2, 0) is 11.2 Å². The number of benzene rings is 1. The Morgan fingerprint density at radius 2 is 2.11 bits per heavy atom. The first kappa shape index (κ1) is 24.2. The lowest BCUT2D eigenvalue weighted by Gasteiger charge is -2.30. The van der Waals surface area contributed by atoms with E-state index in [1.165, 1.54) is 0 Å². The van der Waals surface area contributed by atoms with Gasteiger partial charge in [-0.3, -0.25) is 0 Å². The van der Waals surface area contributed by atoms with Crippen molar-refractivity contribution in [1.82, 2.24) is 20.4 Å². The zero-order valence-corrected chi connectivity index (χ0v) is 20.6. The van der Waals surface area contributed by atoms with E-state index in [0.717, 1.165) is 35.1 Å². The molecule has 9 heteroatoms. The van der Waals surface area contributed by atoms with Crippen LogP contribution in [0.2, 0.25) is 0 Å². The molecule has 5 rings (SSSR count). The topological polar surface area (TPSA) is 125 Å². The number of allylic oxidation sites excluding steroid dienone is 2. The number of piperidine rings is 1. The normalized spacial score (nSPS) is 22.1. The highest BCUT2D eigenvalue weighted by atomic mass is 16.5. The number of likely N-dealkylation sites (tertiary alicyclic amines) is 1. The van der Waals surface area contributed by atoms with Crippen LogP contribution in [-0.4, -0.2) is 57.6 Å². The molecule has 0 spiro atoms. The van der Waals surface area contributed by atoms with E-state index in [0.29, 0.717) is 49.6 Å². The van der Waals surface area contributed by atoms with Crippen LogP contribution in [0, 0.1) is 11.3 Å². The fraction of sp³-hybridized carbons (Fsp3) is 0.481. The molecule has 2 heterocycles. The maximum atomic E-state index is 12.8. The Morgan fingerprint density at radius 3 is 2.86 bits per heavy atom. The summed E-state index contributed by atoms with van der Waals surface area (Å²) in [5, 5.41) is 26.7. The minimum atomic E-state index is -0.315. The molecule has 0 bridgehead atoms. The van der Waals surface area contributed by atoms with E-state index >= 15 is 0 Å². The molecule has 0 radical (unpaired) electrons. The number of carbonyl (C=O) groups is 1. The molecule has 1 saturated heterocycles. The molecule has 1 fully saturated rings. The lowest BCUT2D eigenvalue weighted by Crippen LogP contribution is -2.46. The maximum absolute atomic E-state index is 12.8. The van der Waals surface area contributed by atoms with Crippen LogP contribution in [0.1, 0.15) is 62.6 Å². The van der Waals surface area contributed by atoms with E-state index in [2.05, 4.69) is 21.5 Å². The van der Waals surface area contributed by atoms with Crippen LogP contribution >= 0.6 is 0 Å². The molecule has 2 unspecified atom stereocenters.